The van der Waals surface area contributed by atoms with E-state index in [4.69, 9.17) is 32.7 Å². The standard InChI is InChI=1S/C19H18Cl2O5/c20-6-5-13(17(22)9-1-3-11(21)4-2-9)25-18(23)15-10-7-12-14(8-10)26-19(24)16(12)15/h1-4,10,12-16H,5-8H2/t10-,12+,13-,14-,15-,16+/m1/s1. The van der Waals surface area contributed by atoms with Crippen LogP contribution in [0.4, 0.5) is 0 Å². The average molecular weight is 397 g/mol. The number of ketones is 1. The fourth-order valence-corrected chi connectivity index (χ4v) is 5.01. The van der Waals surface area contributed by atoms with Gasteiger partial charge in [-0.15, -0.1) is 11.6 Å². The van der Waals surface area contributed by atoms with E-state index in [2.05, 4.69) is 0 Å². The number of benzene rings is 1. The second-order valence-electron chi connectivity index (χ2n) is 7.20. The lowest BCUT2D eigenvalue weighted by Gasteiger charge is -2.25. The van der Waals surface area contributed by atoms with Gasteiger partial charge in [0.2, 0.25) is 5.78 Å². The first kappa shape index (κ1) is 17.8. The molecule has 0 aromatic heterocycles. The summed E-state index contributed by atoms with van der Waals surface area (Å²) in [4.78, 5) is 37.6. The number of alkyl halides is 1. The number of halogens is 2. The molecule has 4 rings (SSSR count). The lowest BCUT2D eigenvalue weighted by Crippen LogP contribution is -2.37. The van der Waals surface area contributed by atoms with Crippen LogP contribution in [0.3, 0.4) is 0 Å². The molecule has 0 radical (unpaired) electrons. The molecule has 1 aromatic carbocycles. The molecular weight excluding hydrogens is 379 g/mol. The van der Waals surface area contributed by atoms with Crippen LogP contribution in [0.2, 0.25) is 5.02 Å². The Morgan fingerprint density at radius 1 is 1.23 bits per heavy atom. The average Bonchev–Trinajstić information content (AvgIpc) is 3.23. The number of hydrogen-bond acceptors (Lipinski definition) is 5. The van der Waals surface area contributed by atoms with Gasteiger partial charge in [0.25, 0.3) is 0 Å². The largest absolute Gasteiger partial charge is 0.462 e. The Hall–Kier alpha value is -1.59. The summed E-state index contributed by atoms with van der Waals surface area (Å²) in [7, 11) is 0. The van der Waals surface area contributed by atoms with Crippen molar-refractivity contribution in [3.8, 4) is 0 Å². The minimum Gasteiger partial charge on any atom is -0.462 e. The minimum absolute atomic E-state index is 0.0455. The van der Waals surface area contributed by atoms with E-state index in [9.17, 15) is 14.4 Å². The molecule has 26 heavy (non-hydrogen) atoms. The van der Waals surface area contributed by atoms with Crippen LogP contribution in [0.1, 0.15) is 29.6 Å². The van der Waals surface area contributed by atoms with Crippen molar-refractivity contribution >= 4 is 40.9 Å². The van der Waals surface area contributed by atoms with E-state index in [1.54, 1.807) is 24.3 Å². The Morgan fingerprint density at radius 2 is 1.96 bits per heavy atom. The highest BCUT2D eigenvalue weighted by molar-refractivity contribution is 6.30. The third kappa shape index (κ3) is 2.91. The number of Topliss-reactive ketones (excluding diaryl/α,β-unsaturated/α-hetero) is 1. The van der Waals surface area contributed by atoms with E-state index in [-0.39, 0.29) is 42.0 Å². The van der Waals surface area contributed by atoms with Gasteiger partial charge in [0.05, 0.1) is 11.8 Å². The maximum atomic E-state index is 12.8. The molecule has 6 atom stereocenters. The van der Waals surface area contributed by atoms with E-state index in [1.807, 2.05) is 0 Å². The second-order valence-corrected chi connectivity index (χ2v) is 8.01. The summed E-state index contributed by atoms with van der Waals surface area (Å²) >= 11 is 11.7. The first-order valence-corrected chi connectivity index (χ1v) is 9.67. The Kier molecular flexibility index (Phi) is 4.70. The highest BCUT2D eigenvalue weighted by atomic mass is 35.5. The number of esters is 2. The van der Waals surface area contributed by atoms with E-state index in [0.29, 0.717) is 17.0 Å². The predicted octanol–water partition coefficient (Wildman–Crippen LogP) is 3.26. The predicted molar refractivity (Wildman–Crippen MR) is 94.1 cm³/mol. The molecular formula is C19H18Cl2O5. The van der Waals surface area contributed by atoms with Gasteiger partial charge < -0.3 is 9.47 Å². The Morgan fingerprint density at radius 3 is 2.65 bits per heavy atom. The molecule has 1 heterocycles. The third-order valence-electron chi connectivity index (χ3n) is 5.81. The number of hydrogen-bond donors (Lipinski definition) is 0. The SMILES string of the molecule is O=C(O[C@H](CCCl)C(=O)c1ccc(Cl)cc1)[C@@H]1[C@@H]2C[C@@H]3[C@@H]1C(=O)O[C@@H]3C2. The summed E-state index contributed by atoms with van der Waals surface area (Å²) in [5.41, 5.74) is 0.408. The van der Waals surface area contributed by atoms with Crippen LogP contribution in [-0.4, -0.2) is 35.8 Å². The Bertz CT molecular complexity index is 745. The van der Waals surface area contributed by atoms with Crippen LogP contribution in [-0.2, 0) is 19.1 Å². The molecule has 5 nitrogen and oxygen atoms in total. The zero-order valence-electron chi connectivity index (χ0n) is 13.9. The van der Waals surface area contributed by atoms with Crippen LogP contribution in [0.5, 0.6) is 0 Å². The summed E-state index contributed by atoms with van der Waals surface area (Å²) in [5.74, 6) is -1.65. The van der Waals surface area contributed by atoms with E-state index < -0.39 is 23.9 Å². The van der Waals surface area contributed by atoms with Gasteiger partial charge in [-0.3, -0.25) is 14.4 Å². The molecule has 138 valence electrons. The molecule has 3 fully saturated rings. The molecule has 0 spiro atoms. The fourth-order valence-electron chi connectivity index (χ4n) is 4.69. The highest BCUT2D eigenvalue weighted by Gasteiger charge is 2.64. The maximum absolute atomic E-state index is 12.8. The van der Waals surface area contributed by atoms with Crippen molar-refractivity contribution in [2.75, 3.05) is 5.88 Å². The lowest BCUT2D eigenvalue weighted by molar-refractivity contribution is -0.158. The lowest BCUT2D eigenvalue weighted by atomic mass is 9.80. The molecule has 2 saturated carbocycles. The van der Waals surface area contributed by atoms with Crippen LogP contribution in [0.25, 0.3) is 0 Å². The van der Waals surface area contributed by atoms with E-state index in [1.165, 1.54) is 0 Å². The van der Waals surface area contributed by atoms with Gasteiger partial charge in [-0.2, -0.15) is 0 Å². The molecule has 7 heteroatoms. The molecule has 0 amide bonds. The van der Waals surface area contributed by atoms with Gasteiger partial charge in [0.15, 0.2) is 6.10 Å². The topological polar surface area (TPSA) is 69.7 Å². The molecule has 3 aliphatic rings. The Labute approximate surface area is 160 Å². The summed E-state index contributed by atoms with van der Waals surface area (Å²) in [6.45, 7) is 0. The zero-order valence-corrected chi connectivity index (χ0v) is 15.4. The van der Waals surface area contributed by atoms with Crippen LogP contribution >= 0.6 is 23.2 Å². The van der Waals surface area contributed by atoms with Crippen molar-refractivity contribution in [2.45, 2.75) is 31.5 Å². The fraction of sp³-hybridized carbons (Fsp3) is 0.526. The van der Waals surface area contributed by atoms with E-state index >= 15 is 0 Å². The molecule has 2 aliphatic carbocycles. The van der Waals surface area contributed by atoms with Gasteiger partial charge >= 0.3 is 11.9 Å². The van der Waals surface area contributed by atoms with Crippen molar-refractivity contribution in [1.29, 1.82) is 0 Å². The third-order valence-corrected chi connectivity index (χ3v) is 6.28. The number of carbonyl (C=O) groups is 3. The van der Waals surface area contributed by atoms with Crippen molar-refractivity contribution in [2.24, 2.45) is 23.7 Å². The van der Waals surface area contributed by atoms with Crippen molar-refractivity contribution in [3.05, 3.63) is 34.9 Å². The van der Waals surface area contributed by atoms with Crippen LogP contribution in [0.15, 0.2) is 24.3 Å². The summed E-state index contributed by atoms with van der Waals surface area (Å²) in [6.07, 6.45) is 0.724. The molecule has 1 aromatic rings. The van der Waals surface area contributed by atoms with Crippen molar-refractivity contribution < 1.29 is 23.9 Å². The normalized spacial score (nSPS) is 32.4. The van der Waals surface area contributed by atoms with Gasteiger partial charge in [0, 0.05) is 28.8 Å². The molecule has 2 bridgehead atoms. The minimum atomic E-state index is -0.964. The molecule has 0 N–H and O–H groups in total. The summed E-state index contributed by atoms with van der Waals surface area (Å²) in [6, 6.07) is 6.41. The number of carbonyl (C=O) groups excluding carboxylic acids is 3. The monoisotopic (exact) mass is 396 g/mol. The van der Waals surface area contributed by atoms with Crippen molar-refractivity contribution in [1.82, 2.24) is 0 Å². The second kappa shape index (κ2) is 6.86. The first-order valence-electron chi connectivity index (χ1n) is 8.76. The van der Waals surface area contributed by atoms with Crippen LogP contribution in [0, 0.1) is 23.7 Å². The molecule has 1 aliphatic heterocycles. The number of ether oxygens (including phenoxy) is 2. The van der Waals surface area contributed by atoms with Gasteiger partial charge in [0.1, 0.15) is 6.10 Å². The summed E-state index contributed by atoms with van der Waals surface area (Å²) in [5, 5.41) is 0.517. The van der Waals surface area contributed by atoms with Gasteiger partial charge in [-0.25, -0.2) is 0 Å². The van der Waals surface area contributed by atoms with Gasteiger partial charge in [-0.1, -0.05) is 11.6 Å². The smallest absolute Gasteiger partial charge is 0.310 e. The quantitative estimate of drug-likeness (QED) is 0.419. The number of fused-ring (bicyclic) bond motifs is 1. The van der Waals surface area contributed by atoms with Crippen LogP contribution < -0.4 is 0 Å². The first-order chi connectivity index (χ1) is 12.5. The Balaban J connectivity index is 1.50. The van der Waals surface area contributed by atoms with E-state index in [0.717, 1.165) is 6.42 Å². The van der Waals surface area contributed by atoms with Crippen molar-refractivity contribution in [3.63, 3.8) is 0 Å². The highest BCUT2D eigenvalue weighted by Crippen LogP contribution is 2.58. The zero-order chi connectivity index (χ0) is 18.4. The number of rotatable bonds is 6. The maximum Gasteiger partial charge on any atom is 0.310 e. The summed E-state index contributed by atoms with van der Waals surface area (Å²) < 4.78 is 10.9. The van der Waals surface area contributed by atoms with Gasteiger partial charge in [-0.05, 0) is 43.0 Å². The molecule has 1 saturated heterocycles. The molecule has 0 unspecified atom stereocenters.